The summed E-state index contributed by atoms with van der Waals surface area (Å²) in [5.41, 5.74) is 3.06. The second-order valence-electron chi connectivity index (χ2n) is 5.97. The molecular weight excluding hydrogens is 318 g/mol. The number of fused-ring (bicyclic) bond motifs is 1. The SMILES string of the molecule is CCOC(=O)c1c2cccccc-2c(C(=O)OCC)c1N1CCCC1. The van der Waals surface area contributed by atoms with Gasteiger partial charge in [-0.1, -0.05) is 30.3 Å². The number of hydrogen-bond acceptors (Lipinski definition) is 5. The average Bonchev–Trinajstić information content (AvgIpc) is 3.15. The van der Waals surface area contributed by atoms with Gasteiger partial charge in [-0.15, -0.1) is 0 Å². The van der Waals surface area contributed by atoms with Crippen molar-refractivity contribution in [3.63, 3.8) is 0 Å². The maximum absolute atomic E-state index is 12.7. The van der Waals surface area contributed by atoms with Crippen molar-refractivity contribution in [2.24, 2.45) is 0 Å². The molecule has 0 saturated carbocycles. The second-order valence-corrected chi connectivity index (χ2v) is 5.97. The summed E-state index contributed by atoms with van der Waals surface area (Å²) in [7, 11) is 0. The highest BCUT2D eigenvalue weighted by molar-refractivity contribution is 6.16. The second kappa shape index (κ2) is 7.55. The van der Waals surface area contributed by atoms with E-state index in [2.05, 4.69) is 4.90 Å². The molecule has 1 heterocycles. The van der Waals surface area contributed by atoms with Crippen LogP contribution in [0.3, 0.4) is 0 Å². The van der Waals surface area contributed by atoms with Crippen molar-refractivity contribution in [1.29, 1.82) is 0 Å². The maximum Gasteiger partial charge on any atom is 0.340 e. The van der Waals surface area contributed by atoms with Gasteiger partial charge >= 0.3 is 11.9 Å². The first-order chi connectivity index (χ1) is 12.2. The van der Waals surface area contributed by atoms with E-state index in [-0.39, 0.29) is 0 Å². The molecular formula is C20H23NO4. The van der Waals surface area contributed by atoms with E-state index >= 15 is 0 Å². The number of hydrogen-bond donors (Lipinski definition) is 0. The highest BCUT2D eigenvalue weighted by atomic mass is 16.5. The van der Waals surface area contributed by atoms with Crippen molar-refractivity contribution in [1.82, 2.24) is 0 Å². The van der Waals surface area contributed by atoms with Crippen LogP contribution in [0, 0.1) is 0 Å². The lowest BCUT2D eigenvalue weighted by Crippen LogP contribution is -2.23. The largest absolute Gasteiger partial charge is 0.462 e. The highest BCUT2D eigenvalue weighted by Gasteiger charge is 2.35. The summed E-state index contributed by atoms with van der Waals surface area (Å²) in [6, 6.07) is 9.34. The van der Waals surface area contributed by atoms with E-state index in [4.69, 9.17) is 9.47 Å². The molecule has 0 radical (unpaired) electrons. The molecule has 1 fully saturated rings. The van der Waals surface area contributed by atoms with E-state index in [1.165, 1.54) is 0 Å². The zero-order valence-corrected chi connectivity index (χ0v) is 14.7. The summed E-state index contributed by atoms with van der Waals surface area (Å²) in [4.78, 5) is 27.6. The summed E-state index contributed by atoms with van der Waals surface area (Å²) in [5.74, 6) is -0.785. The fraction of sp³-hybridized carbons (Fsp3) is 0.400. The minimum absolute atomic E-state index is 0.290. The van der Waals surface area contributed by atoms with Crippen LogP contribution in [0.1, 0.15) is 47.4 Å². The highest BCUT2D eigenvalue weighted by Crippen LogP contribution is 2.44. The molecule has 0 spiro atoms. The number of carbonyl (C=O) groups is 2. The van der Waals surface area contributed by atoms with Gasteiger partial charge in [-0.2, -0.15) is 0 Å². The first-order valence-corrected chi connectivity index (χ1v) is 8.82. The smallest absolute Gasteiger partial charge is 0.340 e. The molecule has 25 heavy (non-hydrogen) atoms. The van der Waals surface area contributed by atoms with E-state index < -0.39 is 11.9 Å². The van der Waals surface area contributed by atoms with E-state index in [9.17, 15) is 9.59 Å². The van der Waals surface area contributed by atoms with Gasteiger partial charge in [0.2, 0.25) is 0 Å². The predicted molar refractivity (Wildman–Crippen MR) is 96.4 cm³/mol. The van der Waals surface area contributed by atoms with Gasteiger partial charge in [0.25, 0.3) is 0 Å². The third kappa shape index (κ3) is 3.18. The van der Waals surface area contributed by atoms with Crippen molar-refractivity contribution < 1.29 is 19.1 Å². The molecule has 2 aliphatic carbocycles. The van der Waals surface area contributed by atoms with E-state index in [0.717, 1.165) is 37.1 Å². The molecule has 0 unspecified atom stereocenters. The van der Waals surface area contributed by atoms with Crippen molar-refractivity contribution in [3.8, 4) is 11.1 Å². The molecule has 0 atom stereocenters. The molecule has 3 rings (SSSR count). The molecule has 0 amide bonds. The lowest BCUT2D eigenvalue weighted by molar-refractivity contribution is 0.0525. The summed E-state index contributed by atoms with van der Waals surface area (Å²) in [6.07, 6.45) is 2.08. The van der Waals surface area contributed by atoms with Crippen LogP contribution in [0.25, 0.3) is 11.1 Å². The Labute approximate surface area is 147 Å². The minimum atomic E-state index is -0.392. The normalized spacial score (nSPS) is 13.9. The van der Waals surface area contributed by atoms with E-state index in [0.29, 0.717) is 30.0 Å². The Morgan fingerprint density at radius 2 is 1.36 bits per heavy atom. The molecule has 0 bridgehead atoms. The number of nitrogens with zero attached hydrogens (tertiary/aromatic N) is 1. The first-order valence-electron chi connectivity index (χ1n) is 8.82. The van der Waals surface area contributed by atoms with Crippen LogP contribution in [-0.2, 0) is 9.47 Å². The van der Waals surface area contributed by atoms with Crippen molar-refractivity contribution in [3.05, 3.63) is 41.5 Å². The molecule has 5 heteroatoms. The van der Waals surface area contributed by atoms with Crippen LogP contribution < -0.4 is 4.90 Å². The summed E-state index contributed by atoms with van der Waals surface area (Å²) < 4.78 is 10.6. The molecule has 0 aromatic rings. The Kier molecular flexibility index (Phi) is 5.22. The number of rotatable bonds is 5. The van der Waals surface area contributed by atoms with Gasteiger partial charge in [-0.3, -0.25) is 0 Å². The Morgan fingerprint density at radius 1 is 0.880 bits per heavy atom. The summed E-state index contributed by atoms with van der Waals surface area (Å²) >= 11 is 0. The van der Waals surface area contributed by atoms with Crippen LogP contribution in [0.4, 0.5) is 5.69 Å². The third-order valence-electron chi connectivity index (χ3n) is 4.43. The molecule has 3 aliphatic rings. The Morgan fingerprint density at radius 3 is 1.80 bits per heavy atom. The lowest BCUT2D eigenvalue weighted by Gasteiger charge is -2.20. The van der Waals surface area contributed by atoms with Gasteiger partial charge in [0, 0.05) is 13.1 Å². The number of anilines is 1. The van der Waals surface area contributed by atoms with Crippen molar-refractivity contribution in [2.45, 2.75) is 26.7 Å². The molecule has 132 valence electrons. The average molecular weight is 341 g/mol. The molecule has 5 nitrogen and oxygen atoms in total. The molecule has 0 aromatic heterocycles. The van der Waals surface area contributed by atoms with E-state index in [1.807, 2.05) is 30.3 Å². The quantitative estimate of drug-likeness (QED) is 0.775. The summed E-state index contributed by atoms with van der Waals surface area (Å²) in [5, 5.41) is 0. The van der Waals surface area contributed by atoms with Crippen LogP contribution >= 0.6 is 0 Å². The van der Waals surface area contributed by atoms with Crippen LogP contribution in [0.2, 0.25) is 0 Å². The molecule has 0 aromatic carbocycles. The standard InChI is InChI=1S/C20H23NO4/c1-3-24-19(22)16-14-10-6-5-7-11-15(14)17(20(23)25-4-2)18(16)21-12-8-9-13-21/h5-7,10-11H,3-4,8-9,12-13H2,1-2H3. The Bertz CT molecular complexity index is 697. The molecule has 1 aliphatic heterocycles. The lowest BCUT2D eigenvalue weighted by atomic mass is 10.1. The topological polar surface area (TPSA) is 55.8 Å². The van der Waals surface area contributed by atoms with Gasteiger partial charge in [0.1, 0.15) is 0 Å². The predicted octanol–water partition coefficient (Wildman–Crippen LogP) is 3.75. The zero-order chi connectivity index (χ0) is 17.8. The maximum atomic E-state index is 12.7. The van der Waals surface area contributed by atoms with Gasteiger partial charge in [0.15, 0.2) is 0 Å². The van der Waals surface area contributed by atoms with Crippen LogP contribution in [0.5, 0.6) is 0 Å². The Balaban J connectivity index is 2.29. The van der Waals surface area contributed by atoms with Gasteiger partial charge < -0.3 is 14.4 Å². The fourth-order valence-corrected chi connectivity index (χ4v) is 3.44. The van der Waals surface area contributed by atoms with E-state index in [1.54, 1.807) is 13.8 Å². The zero-order valence-electron chi connectivity index (χ0n) is 14.7. The van der Waals surface area contributed by atoms with Gasteiger partial charge in [0.05, 0.1) is 30.0 Å². The number of carbonyl (C=O) groups excluding carboxylic acids is 2. The third-order valence-corrected chi connectivity index (χ3v) is 4.43. The van der Waals surface area contributed by atoms with Crippen LogP contribution in [0.15, 0.2) is 30.3 Å². The first kappa shape index (κ1) is 17.3. The van der Waals surface area contributed by atoms with Crippen molar-refractivity contribution >= 4 is 17.6 Å². The van der Waals surface area contributed by atoms with Crippen molar-refractivity contribution in [2.75, 3.05) is 31.2 Å². The number of esters is 2. The van der Waals surface area contributed by atoms with Crippen LogP contribution in [-0.4, -0.2) is 38.2 Å². The Hall–Kier alpha value is -2.56. The minimum Gasteiger partial charge on any atom is -0.462 e. The van der Waals surface area contributed by atoms with Gasteiger partial charge in [-0.05, 0) is 37.8 Å². The monoisotopic (exact) mass is 341 g/mol. The molecule has 0 N–H and O–H groups in total. The number of ether oxygens (including phenoxy) is 2. The fourth-order valence-electron chi connectivity index (χ4n) is 3.44. The van der Waals surface area contributed by atoms with Gasteiger partial charge in [-0.25, -0.2) is 9.59 Å². The molecule has 1 saturated heterocycles. The summed E-state index contributed by atoms with van der Waals surface area (Å²) in [6.45, 7) is 5.79.